The van der Waals surface area contributed by atoms with Gasteiger partial charge < -0.3 is 26.0 Å². The number of anilines is 4. The standard InChI is InChI=1S/C31H39ClN6O4S/c1-17(2)43(40,41)26-9-7-6-8-24(26)35-29-23(32)16-34-31(37-29)36-25-14-18(3)27(22-15-19(4)42-28(22)25)21-10-12-38(13-11-21)30(39)20(5)33/h6-9,14,16-17,19-21H,10-13,15,33H2,1-5H3,(H2,34,35,36,37)/t19-,20+/m1/s1. The Morgan fingerprint density at radius 1 is 1.14 bits per heavy atom. The highest BCUT2D eigenvalue weighted by Gasteiger charge is 2.33. The lowest BCUT2D eigenvalue weighted by Crippen LogP contribution is -2.45. The van der Waals surface area contributed by atoms with Gasteiger partial charge in [-0.05, 0) is 82.7 Å². The number of nitrogens with zero attached hydrogens (tertiary/aromatic N) is 3. The zero-order chi connectivity index (χ0) is 31.1. The van der Waals surface area contributed by atoms with Gasteiger partial charge in [-0.3, -0.25) is 4.79 Å². The number of carbonyl (C=O) groups excluding carboxylic acids is 1. The highest BCUT2D eigenvalue weighted by Crippen LogP contribution is 2.46. The summed E-state index contributed by atoms with van der Waals surface area (Å²) in [7, 11) is -3.55. The lowest BCUT2D eigenvalue weighted by Gasteiger charge is -2.34. The van der Waals surface area contributed by atoms with Crippen molar-refractivity contribution >= 4 is 50.5 Å². The molecule has 0 spiro atoms. The molecule has 3 heterocycles. The van der Waals surface area contributed by atoms with Crippen molar-refractivity contribution < 1.29 is 17.9 Å². The molecule has 3 aromatic rings. The Morgan fingerprint density at radius 3 is 2.51 bits per heavy atom. The first-order valence-electron chi connectivity index (χ1n) is 14.6. The van der Waals surface area contributed by atoms with Crippen LogP contribution in [0.1, 0.15) is 63.1 Å². The third-order valence-electron chi connectivity index (χ3n) is 8.10. The maximum absolute atomic E-state index is 13.0. The summed E-state index contributed by atoms with van der Waals surface area (Å²) in [5.74, 6) is 1.66. The fourth-order valence-electron chi connectivity index (χ4n) is 5.92. The number of amides is 1. The zero-order valence-electron chi connectivity index (χ0n) is 25.1. The third-order valence-corrected chi connectivity index (χ3v) is 10.6. The first-order chi connectivity index (χ1) is 20.4. The molecule has 0 radical (unpaired) electrons. The van der Waals surface area contributed by atoms with Crippen molar-refractivity contribution in [2.75, 3.05) is 23.7 Å². The number of likely N-dealkylation sites (tertiary alicyclic amines) is 1. The van der Waals surface area contributed by atoms with Crippen LogP contribution in [0.5, 0.6) is 5.75 Å². The molecular weight excluding hydrogens is 588 g/mol. The molecule has 5 rings (SSSR count). The van der Waals surface area contributed by atoms with Gasteiger partial charge in [0.05, 0.1) is 33.8 Å². The van der Waals surface area contributed by atoms with E-state index in [0.717, 1.165) is 36.3 Å². The van der Waals surface area contributed by atoms with E-state index in [1.807, 2.05) is 4.90 Å². The Kier molecular flexibility index (Phi) is 8.87. The van der Waals surface area contributed by atoms with Gasteiger partial charge in [-0.15, -0.1) is 0 Å². The van der Waals surface area contributed by atoms with Crippen molar-refractivity contribution in [1.82, 2.24) is 14.9 Å². The van der Waals surface area contributed by atoms with Crippen LogP contribution in [0.3, 0.4) is 0 Å². The van der Waals surface area contributed by atoms with E-state index in [2.05, 4.69) is 40.5 Å². The lowest BCUT2D eigenvalue weighted by atomic mass is 9.82. The van der Waals surface area contributed by atoms with Gasteiger partial charge in [0.15, 0.2) is 15.7 Å². The molecule has 2 aliphatic rings. The average Bonchev–Trinajstić information content (AvgIpc) is 3.36. The number of nitrogens with two attached hydrogens (primary N) is 1. The smallest absolute Gasteiger partial charge is 0.239 e. The molecule has 230 valence electrons. The Labute approximate surface area is 258 Å². The van der Waals surface area contributed by atoms with Crippen molar-refractivity contribution in [1.29, 1.82) is 0 Å². The second kappa shape index (κ2) is 12.3. The van der Waals surface area contributed by atoms with E-state index in [4.69, 9.17) is 22.1 Å². The van der Waals surface area contributed by atoms with Crippen LogP contribution in [-0.2, 0) is 21.1 Å². The molecule has 0 bridgehead atoms. The number of aromatic nitrogens is 2. The molecule has 1 aromatic heterocycles. The molecule has 1 amide bonds. The van der Waals surface area contributed by atoms with Crippen molar-refractivity contribution in [3.63, 3.8) is 0 Å². The van der Waals surface area contributed by atoms with Crippen molar-refractivity contribution in [3.8, 4) is 5.75 Å². The van der Waals surface area contributed by atoms with Gasteiger partial charge in [0, 0.05) is 25.1 Å². The van der Waals surface area contributed by atoms with Crippen LogP contribution in [0.15, 0.2) is 41.4 Å². The summed E-state index contributed by atoms with van der Waals surface area (Å²) in [6.07, 6.45) is 4.02. The number of benzene rings is 2. The van der Waals surface area contributed by atoms with Crippen molar-refractivity contribution in [2.45, 2.75) is 82.1 Å². The van der Waals surface area contributed by atoms with Gasteiger partial charge in [0.1, 0.15) is 16.9 Å². The van der Waals surface area contributed by atoms with E-state index in [-0.39, 0.29) is 33.7 Å². The van der Waals surface area contributed by atoms with Gasteiger partial charge in [0.25, 0.3) is 0 Å². The topological polar surface area (TPSA) is 140 Å². The van der Waals surface area contributed by atoms with Gasteiger partial charge >= 0.3 is 0 Å². The quantitative estimate of drug-likeness (QED) is 0.296. The number of hydrogen-bond acceptors (Lipinski definition) is 9. The van der Waals surface area contributed by atoms with Crippen LogP contribution in [0, 0.1) is 6.92 Å². The minimum Gasteiger partial charge on any atom is -0.488 e. The number of aryl methyl sites for hydroxylation is 1. The molecule has 2 aliphatic heterocycles. The Morgan fingerprint density at radius 2 is 1.84 bits per heavy atom. The van der Waals surface area contributed by atoms with E-state index in [1.54, 1.807) is 45.0 Å². The number of fused-ring (bicyclic) bond motifs is 1. The van der Waals surface area contributed by atoms with E-state index in [0.29, 0.717) is 24.7 Å². The van der Waals surface area contributed by atoms with Gasteiger partial charge in [-0.2, -0.15) is 4.98 Å². The van der Waals surface area contributed by atoms with Crippen molar-refractivity contribution in [2.24, 2.45) is 5.73 Å². The molecule has 12 heteroatoms. The molecule has 10 nitrogen and oxygen atoms in total. The number of nitrogens with one attached hydrogen (secondary N) is 2. The summed E-state index contributed by atoms with van der Waals surface area (Å²) in [6, 6.07) is 8.26. The number of ether oxygens (including phenoxy) is 1. The molecule has 1 saturated heterocycles. The van der Waals surface area contributed by atoms with Gasteiger partial charge in [-0.1, -0.05) is 23.7 Å². The number of hydrogen-bond donors (Lipinski definition) is 3. The SMILES string of the molecule is Cc1cc(Nc2ncc(Cl)c(Nc3ccccc3S(=O)(=O)C(C)C)n2)c2c(c1C1CCN(C(=O)[C@H](C)N)CC1)C[C@@H](C)O2. The average molecular weight is 627 g/mol. The summed E-state index contributed by atoms with van der Waals surface area (Å²) in [5.41, 5.74) is 10.6. The maximum Gasteiger partial charge on any atom is 0.239 e. The molecular formula is C31H39ClN6O4S. The molecule has 0 saturated carbocycles. The Balaban J connectivity index is 1.42. The van der Waals surface area contributed by atoms with Crippen LogP contribution >= 0.6 is 11.6 Å². The van der Waals surface area contributed by atoms with E-state index < -0.39 is 21.1 Å². The monoisotopic (exact) mass is 626 g/mol. The predicted molar refractivity (Wildman–Crippen MR) is 170 cm³/mol. The summed E-state index contributed by atoms with van der Waals surface area (Å²) >= 11 is 6.45. The van der Waals surface area contributed by atoms with Crippen LogP contribution in [0.2, 0.25) is 5.02 Å². The molecule has 0 unspecified atom stereocenters. The van der Waals surface area contributed by atoms with E-state index in [1.165, 1.54) is 17.3 Å². The first-order valence-corrected chi connectivity index (χ1v) is 16.6. The van der Waals surface area contributed by atoms with Gasteiger partial charge in [0.2, 0.25) is 11.9 Å². The highest BCUT2D eigenvalue weighted by molar-refractivity contribution is 7.92. The third kappa shape index (κ3) is 6.30. The number of piperidine rings is 1. The highest BCUT2D eigenvalue weighted by atomic mass is 35.5. The van der Waals surface area contributed by atoms with Crippen LogP contribution in [0.25, 0.3) is 0 Å². The molecule has 0 aliphatic carbocycles. The minimum absolute atomic E-state index is 0.00115. The molecule has 2 aromatic carbocycles. The van der Waals surface area contributed by atoms with Crippen molar-refractivity contribution in [3.05, 3.63) is 58.2 Å². The predicted octanol–water partition coefficient (Wildman–Crippen LogP) is 5.48. The Hall–Kier alpha value is -3.41. The number of carbonyl (C=O) groups is 1. The largest absolute Gasteiger partial charge is 0.488 e. The second-order valence-electron chi connectivity index (χ2n) is 11.7. The summed E-state index contributed by atoms with van der Waals surface area (Å²) in [4.78, 5) is 23.4. The van der Waals surface area contributed by atoms with Crippen LogP contribution in [0.4, 0.5) is 23.1 Å². The van der Waals surface area contributed by atoms with Gasteiger partial charge in [-0.25, -0.2) is 13.4 Å². The van der Waals surface area contributed by atoms with E-state index >= 15 is 0 Å². The number of sulfone groups is 1. The second-order valence-corrected chi connectivity index (χ2v) is 14.6. The number of rotatable bonds is 8. The maximum atomic E-state index is 13.0. The summed E-state index contributed by atoms with van der Waals surface area (Å²) < 4.78 is 32.2. The fourth-order valence-corrected chi connectivity index (χ4v) is 7.26. The molecule has 2 atom stereocenters. The normalized spacial score (nSPS) is 17.9. The summed E-state index contributed by atoms with van der Waals surface area (Å²) in [5, 5.41) is 6.07. The molecule has 43 heavy (non-hydrogen) atoms. The van der Waals surface area contributed by atoms with E-state index in [9.17, 15) is 13.2 Å². The number of para-hydroxylation sites is 1. The van der Waals surface area contributed by atoms with Crippen LogP contribution < -0.4 is 21.1 Å². The molecule has 1 fully saturated rings. The Bertz CT molecular complexity index is 1640. The summed E-state index contributed by atoms with van der Waals surface area (Å²) in [6.45, 7) is 10.5. The lowest BCUT2D eigenvalue weighted by molar-refractivity contribution is -0.133. The minimum atomic E-state index is -3.55. The van der Waals surface area contributed by atoms with Crippen LogP contribution in [-0.4, -0.2) is 59.7 Å². The number of halogens is 1. The molecule has 4 N–H and O–H groups in total. The first kappa shape index (κ1) is 31.0. The zero-order valence-corrected chi connectivity index (χ0v) is 26.7. The fraction of sp³-hybridized carbons (Fsp3) is 0.452.